The fraction of sp³-hybridized carbons (Fsp3) is 0.417. The van der Waals surface area contributed by atoms with E-state index >= 15 is 0 Å². The van der Waals surface area contributed by atoms with E-state index in [2.05, 4.69) is 4.99 Å². The van der Waals surface area contributed by atoms with Crippen molar-refractivity contribution in [3.63, 3.8) is 0 Å². The molecule has 0 bridgehead atoms. The highest BCUT2D eigenvalue weighted by molar-refractivity contribution is 5.96. The third kappa shape index (κ3) is 1.43. The number of ether oxygens (including phenoxy) is 1. The van der Waals surface area contributed by atoms with Crippen LogP contribution in [-0.4, -0.2) is 24.2 Å². The lowest BCUT2D eigenvalue weighted by Crippen LogP contribution is -2.13. The molecule has 0 atom stereocenters. The molecule has 1 fully saturated rings. The highest BCUT2D eigenvalue weighted by Gasteiger charge is 2.44. The third-order valence-electron chi connectivity index (χ3n) is 2.97. The molecule has 3 heteroatoms. The van der Waals surface area contributed by atoms with Crippen LogP contribution in [-0.2, 0) is 10.3 Å². The third-order valence-corrected chi connectivity index (χ3v) is 2.97. The summed E-state index contributed by atoms with van der Waals surface area (Å²) in [5.74, 6) is 0.686. The van der Waals surface area contributed by atoms with Crippen LogP contribution in [0.3, 0.4) is 0 Å². The summed E-state index contributed by atoms with van der Waals surface area (Å²) in [5.41, 5.74) is 1.30. The van der Waals surface area contributed by atoms with Crippen molar-refractivity contribution < 1.29 is 9.84 Å². The van der Waals surface area contributed by atoms with Gasteiger partial charge in [-0.1, -0.05) is 18.2 Å². The fourth-order valence-electron chi connectivity index (χ4n) is 1.96. The Morgan fingerprint density at radius 3 is 2.73 bits per heavy atom. The van der Waals surface area contributed by atoms with E-state index in [0.717, 1.165) is 30.5 Å². The molecule has 1 heterocycles. The summed E-state index contributed by atoms with van der Waals surface area (Å²) in [4.78, 5) is 4.29. The second kappa shape index (κ2) is 3.07. The fourth-order valence-corrected chi connectivity index (χ4v) is 1.96. The zero-order chi connectivity index (χ0) is 10.3. The molecule has 15 heavy (non-hydrogen) atoms. The highest BCUT2D eigenvalue weighted by atomic mass is 16.5. The lowest BCUT2D eigenvalue weighted by atomic mass is 10.0. The first-order valence-corrected chi connectivity index (χ1v) is 5.29. The first-order chi connectivity index (χ1) is 7.30. The normalized spacial score (nSPS) is 22.1. The van der Waals surface area contributed by atoms with Crippen molar-refractivity contribution in [1.29, 1.82) is 0 Å². The number of aliphatic hydroxyl groups is 1. The Morgan fingerprint density at radius 1 is 1.27 bits per heavy atom. The van der Waals surface area contributed by atoms with Crippen LogP contribution in [0.5, 0.6) is 0 Å². The van der Waals surface area contributed by atoms with Crippen molar-refractivity contribution in [3.05, 3.63) is 35.4 Å². The van der Waals surface area contributed by atoms with Crippen LogP contribution >= 0.6 is 0 Å². The molecule has 1 aliphatic heterocycles. The van der Waals surface area contributed by atoms with Crippen LogP contribution in [0, 0.1) is 0 Å². The first-order valence-electron chi connectivity index (χ1n) is 5.29. The maximum atomic E-state index is 10.1. The molecular formula is C12H13NO2. The van der Waals surface area contributed by atoms with Gasteiger partial charge in [-0.3, -0.25) is 0 Å². The van der Waals surface area contributed by atoms with Crippen LogP contribution in [0.25, 0.3) is 0 Å². The van der Waals surface area contributed by atoms with Crippen LogP contribution in [0.4, 0.5) is 0 Å². The van der Waals surface area contributed by atoms with E-state index in [1.165, 1.54) is 0 Å². The average molecular weight is 203 g/mol. The van der Waals surface area contributed by atoms with Gasteiger partial charge >= 0.3 is 0 Å². The van der Waals surface area contributed by atoms with Crippen molar-refractivity contribution in [3.8, 4) is 0 Å². The second-order valence-electron chi connectivity index (χ2n) is 4.11. The van der Waals surface area contributed by atoms with Crippen molar-refractivity contribution in [2.24, 2.45) is 4.99 Å². The molecule has 2 aliphatic rings. The van der Waals surface area contributed by atoms with Gasteiger partial charge in [-0.15, -0.1) is 0 Å². The molecule has 0 unspecified atom stereocenters. The maximum absolute atomic E-state index is 10.1. The Kier molecular flexibility index (Phi) is 1.83. The average Bonchev–Trinajstić information content (AvgIpc) is 2.84. The summed E-state index contributed by atoms with van der Waals surface area (Å²) in [6.07, 6.45) is 1.69. The van der Waals surface area contributed by atoms with E-state index in [0.29, 0.717) is 12.5 Å². The topological polar surface area (TPSA) is 41.8 Å². The van der Waals surface area contributed by atoms with Crippen molar-refractivity contribution in [2.45, 2.75) is 18.4 Å². The SMILES string of the molecule is OC1(c2ccccc2C2=NCCO2)CC1. The van der Waals surface area contributed by atoms with Crippen LogP contribution in [0.15, 0.2) is 29.3 Å². The first kappa shape index (κ1) is 8.92. The lowest BCUT2D eigenvalue weighted by Gasteiger charge is -2.13. The predicted molar refractivity (Wildman–Crippen MR) is 56.9 cm³/mol. The number of hydrogen-bond acceptors (Lipinski definition) is 3. The number of benzene rings is 1. The standard InChI is InChI=1S/C12H13NO2/c14-12(5-6-12)10-4-2-1-3-9(10)11-13-7-8-15-11/h1-4,14H,5-8H2. The Morgan fingerprint density at radius 2 is 2.07 bits per heavy atom. The molecule has 3 rings (SSSR count). The largest absolute Gasteiger partial charge is 0.476 e. The second-order valence-corrected chi connectivity index (χ2v) is 4.11. The quantitative estimate of drug-likeness (QED) is 0.790. The molecule has 0 radical (unpaired) electrons. The molecule has 0 aromatic heterocycles. The zero-order valence-corrected chi connectivity index (χ0v) is 8.44. The predicted octanol–water partition coefficient (Wildman–Crippen LogP) is 1.44. The molecule has 1 aromatic rings. The van der Waals surface area contributed by atoms with Gasteiger partial charge in [-0.25, -0.2) is 4.99 Å². The van der Waals surface area contributed by atoms with Gasteiger partial charge in [0.05, 0.1) is 12.1 Å². The minimum absolute atomic E-state index is 0.620. The van der Waals surface area contributed by atoms with Crippen molar-refractivity contribution in [2.75, 3.05) is 13.2 Å². The Balaban J connectivity index is 2.06. The van der Waals surface area contributed by atoms with E-state index in [1.54, 1.807) is 0 Å². The number of hydrogen-bond donors (Lipinski definition) is 1. The van der Waals surface area contributed by atoms with Gasteiger partial charge in [0, 0.05) is 5.56 Å². The van der Waals surface area contributed by atoms with Gasteiger partial charge in [0.1, 0.15) is 6.61 Å². The Hall–Kier alpha value is -1.35. The Bertz CT molecular complexity index is 421. The molecule has 1 aliphatic carbocycles. The Labute approximate surface area is 88.4 Å². The smallest absolute Gasteiger partial charge is 0.216 e. The van der Waals surface area contributed by atoms with Gasteiger partial charge in [-0.2, -0.15) is 0 Å². The highest BCUT2D eigenvalue weighted by Crippen LogP contribution is 2.46. The zero-order valence-electron chi connectivity index (χ0n) is 8.44. The van der Waals surface area contributed by atoms with E-state index in [4.69, 9.17) is 4.74 Å². The van der Waals surface area contributed by atoms with Gasteiger partial charge in [-0.05, 0) is 24.5 Å². The summed E-state index contributed by atoms with van der Waals surface area (Å²) in [6.45, 7) is 1.38. The minimum Gasteiger partial charge on any atom is -0.476 e. The molecule has 0 saturated heterocycles. The summed E-state index contributed by atoms with van der Waals surface area (Å²) >= 11 is 0. The molecule has 1 aromatic carbocycles. The lowest BCUT2D eigenvalue weighted by molar-refractivity contribution is 0.151. The molecule has 0 spiro atoms. The van der Waals surface area contributed by atoms with E-state index in [-0.39, 0.29) is 0 Å². The summed E-state index contributed by atoms with van der Waals surface area (Å²) in [5, 5.41) is 10.1. The molecule has 1 N–H and O–H groups in total. The molecular weight excluding hydrogens is 190 g/mol. The minimum atomic E-state index is -0.620. The maximum Gasteiger partial charge on any atom is 0.216 e. The van der Waals surface area contributed by atoms with E-state index < -0.39 is 5.60 Å². The van der Waals surface area contributed by atoms with Gasteiger partial charge < -0.3 is 9.84 Å². The summed E-state index contributed by atoms with van der Waals surface area (Å²) in [6, 6.07) is 7.84. The molecule has 1 saturated carbocycles. The number of rotatable bonds is 2. The van der Waals surface area contributed by atoms with Crippen LogP contribution < -0.4 is 0 Å². The van der Waals surface area contributed by atoms with E-state index in [9.17, 15) is 5.11 Å². The number of nitrogens with zero attached hydrogens (tertiary/aromatic N) is 1. The summed E-state index contributed by atoms with van der Waals surface area (Å²) < 4.78 is 5.44. The van der Waals surface area contributed by atoms with Gasteiger partial charge in [0.25, 0.3) is 0 Å². The van der Waals surface area contributed by atoms with Crippen molar-refractivity contribution >= 4 is 5.90 Å². The van der Waals surface area contributed by atoms with Crippen LogP contribution in [0.1, 0.15) is 24.0 Å². The van der Waals surface area contributed by atoms with E-state index in [1.807, 2.05) is 24.3 Å². The van der Waals surface area contributed by atoms with Crippen molar-refractivity contribution in [1.82, 2.24) is 0 Å². The molecule has 3 nitrogen and oxygen atoms in total. The molecule has 0 amide bonds. The summed E-state index contributed by atoms with van der Waals surface area (Å²) in [7, 11) is 0. The monoisotopic (exact) mass is 203 g/mol. The van der Waals surface area contributed by atoms with Crippen LogP contribution in [0.2, 0.25) is 0 Å². The molecule has 78 valence electrons. The van der Waals surface area contributed by atoms with Gasteiger partial charge in [0.15, 0.2) is 0 Å². The number of aliphatic imine (C=N–C) groups is 1. The van der Waals surface area contributed by atoms with Gasteiger partial charge in [0.2, 0.25) is 5.90 Å².